The fourth-order valence-electron chi connectivity index (χ4n) is 3.76. The van der Waals surface area contributed by atoms with Crippen LogP contribution in [0.4, 0.5) is 20.4 Å². The fraction of sp³-hybridized carbons (Fsp3) is 0.227. The third-order valence-corrected chi connectivity index (χ3v) is 6.47. The van der Waals surface area contributed by atoms with Gasteiger partial charge in [-0.3, -0.25) is 4.79 Å². The summed E-state index contributed by atoms with van der Waals surface area (Å²) in [6.45, 7) is -2.24. The van der Waals surface area contributed by atoms with Crippen molar-refractivity contribution in [3.63, 3.8) is 0 Å². The van der Waals surface area contributed by atoms with Crippen LogP contribution in [0.1, 0.15) is 18.5 Å². The minimum Gasteiger partial charge on any atom is -0.375 e. The second-order valence-corrected chi connectivity index (χ2v) is 8.69. The maximum Gasteiger partial charge on any atom is 0.333 e. The van der Waals surface area contributed by atoms with Gasteiger partial charge in [0, 0.05) is 37.2 Å². The van der Waals surface area contributed by atoms with Crippen LogP contribution in [0.3, 0.4) is 0 Å². The number of anilines is 2. The summed E-state index contributed by atoms with van der Waals surface area (Å²) in [4.78, 5) is 27.2. The van der Waals surface area contributed by atoms with Crippen LogP contribution in [-0.2, 0) is 10.4 Å². The average Bonchev–Trinajstić information content (AvgIpc) is 3.57. The molecule has 0 spiro atoms. The number of alkyl halides is 2. The first kappa shape index (κ1) is 22.0. The standard InChI is InChI=1S/C22H19F2N7O2S/c1-30-8-6-22(33,19(30)32)14-4-2-3-13(9-14)18-28-17(12-34-18)16-5-7-25-21(29-16)27-15-10-26-31(11-15)20(23)24/h2-5,7,9-12,20,33H,6,8H2,1H3,(H,25,27,29)/t22-/m1/s1. The molecule has 1 aliphatic heterocycles. The van der Waals surface area contributed by atoms with Crippen LogP contribution in [0.5, 0.6) is 0 Å². The molecule has 12 heteroatoms. The highest BCUT2D eigenvalue weighted by molar-refractivity contribution is 7.13. The minimum atomic E-state index is -2.73. The second-order valence-electron chi connectivity index (χ2n) is 7.83. The molecule has 5 rings (SSSR count). The van der Waals surface area contributed by atoms with E-state index >= 15 is 0 Å². The van der Waals surface area contributed by atoms with Gasteiger partial charge in [0.25, 0.3) is 5.91 Å². The topological polar surface area (TPSA) is 109 Å². The number of likely N-dealkylation sites (tertiary alicyclic amines) is 1. The van der Waals surface area contributed by atoms with Gasteiger partial charge >= 0.3 is 6.55 Å². The summed E-state index contributed by atoms with van der Waals surface area (Å²) in [6, 6.07) is 8.88. The molecule has 0 aliphatic carbocycles. The van der Waals surface area contributed by atoms with Crippen molar-refractivity contribution in [2.75, 3.05) is 18.9 Å². The predicted octanol–water partition coefficient (Wildman–Crippen LogP) is 3.65. The van der Waals surface area contributed by atoms with Crippen molar-refractivity contribution in [2.24, 2.45) is 0 Å². The molecule has 2 N–H and O–H groups in total. The monoisotopic (exact) mass is 483 g/mol. The average molecular weight is 484 g/mol. The van der Waals surface area contributed by atoms with Crippen LogP contribution in [0.15, 0.2) is 54.3 Å². The first-order valence-electron chi connectivity index (χ1n) is 10.3. The van der Waals surface area contributed by atoms with Crippen LogP contribution in [-0.4, -0.2) is 54.2 Å². The van der Waals surface area contributed by atoms with Crippen LogP contribution < -0.4 is 5.32 Å². The number of thiazole rings is 1. The Bertz CT molecular complexity index is 1360. The molecular formula is C22H19F2N7O2S. The number of benzene rings is 1. The molecule has 1 aliphatic rings. The van der Waals surface area contributed by atoms with Gasteiger partial charge in [-0.1, -0.05) is 18.2 Å². The van der Waals surface area contributed by atoms with E-state index in [2.05, 4.69) is 25.4 Å². The highest BCUT2D eigenvalue weighted by Gasteiger charge is 2.45. The summed E-state index contributed by atoms with van der Waals surface area (Å²) in [5.74, 6) is -0.0986. The lowest BCUT2D eigenvalue weighted by Crippen LogP contribution is -2.36. The van der Waals surface area contributed by atoms with E-state index in [1.165, 1.54) is 22.4 Å². The van der Waals surface area contributed by atoms with Crippen LogP contribution in [0, 0.1) is 0 Å². The summed E-state index contributed by atoms with van der Waals surface area (Å²) in [7, 11) is 1.67. The molecule has 174 valence electrons. The van der Waals surface area contributed by atoms with Crippen molar-refractivity contribution >= 4 is 28.9 Å². The first-order valence-corrected chi connectivity index (χ1v) is 11.2. The van der Waals surface area contributed by atoms with Gasteiger partial charge in [0.05, 0.1) is 23.8 Å². The Labute approximate surface area is 196 Å². The number of amides is 1. The number of rotatable bonds is 6. The maximum absolute atomic E-state index is 12.7. The van der Waals surface area contributed by atoms with Gasteiger partial charge in [-0.05, 0) is 17.7 Å². The van der Waals surface area contributed by atoms with Crippen LogP contribution in [0.2, 0.25) is 0 Å². The summed E-state index contributed by atoms with van der Waals surface area (Å²) < 4.78 is 26.0. The molecule has 1 aromatic carbocycles. The van der Waals surface area contributed by atoms with Gasteiger partial charge in [-0.25, -0.2) is 19.6 Å². The van der Waals surface area contributed by atoms with E-state index in [1.807, 2.05) is 11.4 Å². The Balaban J connectivity index is 1.38. The van der Waals surface area contributed by atoms with Crippen molar-refractivity contribution < 1.29 is 18.7 Å². The zero-order valence-corrected chi connectivity index (χ0v) is 18.7. The highest BCUT2D eigenvalue weighted by atomic mass is 32.1. The van der Waals surface area contributed by atoms with E-state index in [0.717, 1.165) is 11.8 Å². The number of aromatic nitrogens is 5. The molecule has 0 saturated carbocycles. The molecule has 4 heterocycles. The van der Waals surface area contributed by atoms with E-state index in [1.54, 1.807) is 37.5 Å². The molecule has 0 bridgehead atoms. The SMILES string of the molecule is CN1CC[C@@](O)(c2cccc(-c3nc(-c4ccnc(Nc5cnn(C(F)F)c5)n4)cs3)c2)C1=O. The summed E-state index contributed by atoms with van der Waals surface area (Å²) in [5.41, 5.74) is 1.26. The largest absolute Gasteiger partial charge is 0.375 e. The summed E-state index contributed by atoms with van der Waals surface area (Å²) in [6.07, 6.45) is 4.30. The van der Waals surface area contributed by atoms with E-state index in [0.29, 0.717) is 45.3 Å². The fourth-order valence-corrected chi connectivity index (χ4v) is 4.57. The normalized spacial score (nSPS) is 18.1. The number of hydrogen-bond acceptors (Lipinski definition) is 8. The molecule has 34 heavy (non-hydrogen) atoms. The Morgan fingerprint density at radius 1 is 1.24 bits per heavy atom. The third-order valence-electron chi connectivity index (χ3n) is 5.58. The number of likely N-dealkylation sites (N-methyl/N-ethyl adjacent to an activating group) is 1. The number of aliphatic hydroxyl groups is 1. The van der Waals surface area contributed by atoms with Crippen molar-refractivity contribution in [1.82, 2.24) is 29.6 Å². The van der Waals surface area contributed by atoms with Crippen LogP contribution in [0.25, 0.3) is 22.0 Å². The number of halogens is 2. The zero-order chi connectivity index (χ0) is 23.9. The smallest absolute Gasteiger partial charge is 0.333 e. The molecule has 1 fully saturated rings. The Kier molecular flexibility index (Phi) is 5.54. The van der Waals surface area contributed by atoms with E-state index < -0.39 is 12.2 Å². The summed E-state index contributed by atoms with van der Waals surface area (Å²) >= 11 is 1.40. The Hall–Kier alpha value is -3.77. The number of hydrogen-bond donors (Lipinski definition) is 2. The molecule has 1 saturated heterocycles. The predicted molar refractivity (Wildman–Crippen MR) is 121 cm³/mol. The molecule has 9 nitrogen and oxygen atoms in total. The number of nitrogens with zero attached hydrogens (tertiary/aromatic N) is 6. The molecule has 4 aromatic rings. The van der Waals surface area contributed by atoms with Crippen molar-refractivity contribution in [3.05, 3.63) is 59.9 Å². The van der Waals surface area contributed by atoms with E-state index in [9.17, 15) is 18.7 Å². The van der Waals surface area contributed by atoms with Gasteiger partial charge in [-0.15, -0.1) is 11.3 Å². The van der Waals surface area contributed by atoms with Crippen molar-refractivity contribution in [3.8, 4) is 22.0 Å². The van der Waals surface area contributed by atoms with Gasteiger partial charge in [0.2, 0.25) is 5.95 Å². The van der Waals surface area contributed by atoms with E-state index in [-0.39, 0.29) is 11.9 Å². The number of nitrogens with one attached hydrogen (secondary N) is 1. The van der Waals surface area contributed by atoms with Gasteiger partial charge in [-0.2, -0.15) is 13.9 Å². The second kappa shape index (κ2) is 8.54. The lowest BCUT2D eigenvalue weighted by molar-refractivity contribution is -0.143. The van der Waals surface area contributed by atoms with Crippen molar-refractivity contribution in [2.45, 2.75) is 18.6 Å². The minimum absolute atomic E-state index is 0.217. The lowest BCUT2D eigenvalue weighted by atomic mass is 9.91. The Morgan fingerprint density at radius 2 is 2.09 bits per heavy atom. The lowest BCUT2D eigenvalue weighted by Gasteiger charge is -2.21. The zero-order valence-electron chi connectivity index (χ0n) is 17.9. The Morgan fingerprint density at radius 3 is 2.82 bits per heavy atom. The summed E-state index contributed by atoms with van der Waals surface area (Å²) in [5, 5.41) is 19.9. The molecule has 3 aromatic heterocycles. The number of carbonyl (C=O) groups excluding carboxylic acids is 1. The van der Waals surface area contributed by atoms with Gasteiger partial charge in [0.1, 0.15) is 10.7 Å². The van der Waals surface area contributed by atoms with Crippen molar-refractivity contribution in [1.29, 1.82) is 0 Å². The quantitative estimate of drug-likeness (QED) is 0.431. The van der Waals surface area contributed by atoms with Gasteiger partial charge in [0.15, 0.2) is 5.60 Å². The highest BCUT2D eigenvalue weighted by Crippen LogP contribution is 2.36. The third kappa shape index (κ3) is 4.01. The molecule has 1 amide bonds. The first-order chi connectivity index (χ1) is 16.3. The van der Waals surface area contributed by atoms with E-state index in [4.69, 9.17) is 0 Å². The molecule has 0 radical (unpaired) electrons. The number of carbonyl (C=O) groups is 1. The van der Waals surface area contributed by atoms with Crippen LogP contribution >= 0.6 is 11.3 Å². The molecular weight excluding hydrogens is 464 g/mol. The molecule has 1 atom stereocenters. The van der Waals surface area contributed by atoms with Gasteiger partial charge < -0.3 is 15.3 Å². The molecule has 0 unspecified atom stereocenters. The maximum atomic E-state index is 12.7.